The van der Waals surface area contributed by atoms with Gasteiger partial charge in [-0.2, -0.15) is 0 Å². The van der Waals surface area contributed by atoms with E-state index in [9.17, 15) is 13.2 Å². The van der Waals surface area contributed by atoms with E-state index in [0.29, 0.717) is 33.3 Å². The lowest BCUT2D eigenvalue weighted by atomic mass is 10.2. The lowest BCUT2D eigenvalue weighted by Crippen LogP contribution is -2.01. The highest BCUT2D eigenvalue weighted by Crippen LogP contribution is 2.29. The molecule has 4 rings (SSSR count). The molecule has 3 aromatic carbocycles. The quantitative estimate of drug-likeness (QED) is 0.340. The van der Waals surface area contributed by atoms with Crippen LogP contribution < -0.4 is 4.74 Å². The van der Waals surface area contributed by atoms with Gasteiger partial charge in [-0.3, -0.25) is 4.79 Å². The molecule has 0 atom stereocenters. The van der Waals surface area contributed by atoms with Gasteiger partial charge in [-0.05, 0) is 60.7 Å². The summed E-state index contributed by atoms with van der Waals surface area (Å²) in [6.07, 6.45) is 0. The summed E-state index contributed by atoms with van der Waals surface area (Å²) in [5, 5.41) is 0.457. The Bertz CT molecular complexity index is 1310. The molecular weight excluding hydrogens is 414 g/mol. The second-order valence-electron chi connectivity index (χ2n) is 6.22. The Morgan fingerprint density at radius 3 is 2.28 bits per heavy atom. The normalized spacial score (nSPS) is 11.5. The van der Waals surface area contributed by atoms with Crippen molar-refractivity contribution in [1.29, 1.82) is 0 Å². The smallest absolute Gasteiger partial charge is 0.308 e. The largest absolute Gasteiger partial charge is 0.436 e. The van der Waals surface area contributed by atoms with Crippen LogP contribution in [0.15, 0.2) is 80.9 Å². The summed E-state index contributed by atoms with van der Waals surface area (Å²) < 4.78 is 36.5. The van der Waals surface area contributed by atoms with E-state index in [1.54, 1.807) is 30.3 Å². The Kier molecular flexibility index (Phi) is 4.86. The third-order valence-corrected chi connectivity index (χ3v) is 6.18. The molecule has 0 unspecified atom stereocenters. The Labute approximate surface area is 171 Å². The summed E-state index contributed by atoms with van der Waals surface area (Å²) >= 11 is 5.84. The number of hydrogen-bond acceptors (Lipinski definition) is 6. The average Bonchev–Trinajstić information content (AvgIpc) is 3.12. The van der Waals surface area contributed by atoms with Crippen LogP contribution in [0.5, 0.6) is 5.75 Å². The minimum Gasteiger partial charge on any atom is -0.436 e. The molecule has 8 heteroatoms. The van der Waals surface area contributed by atoms with Crippen LogP contribution in [-0.2, 0) is 14.6 Å². The van der Waals surface area contributed by atoms with Crippen molar-refractivity contribution in [3.05, 3.63) is 71.8 Å². The van der Waals surface area contributed by atoms with Gasteiger partial charge in [0.05, 0.1) is 9.79 Å². The lowest BCUT2D eigenvalue weighted by Gasteiger charge is -2.04. The third-order valence-electron chi connectivity index (χ3n) is 4.16. The summed E-state index contributed by atoms with van der Waals surface area (Å²) in [5.41, 5.74) is 1.54. The van der Waals surface area contributed by atoms with Gasteiger partial charge in [0.1, 0.15) is 11.3 Å². The number of carbonyl (C=O) groups excluding carboxylic acids is 1. The number of carbonyl (C=O) groups is 1. The Hall–Kier alpha value is -3.16. The first-order valence-corrected chi connectivity index (χ1v) is 10.4. The number of aromatic nitrogens is 1. The monoisotopic (exact) mass is 427 g/mol. The minimum absolute atomic E-state index is 0.0974. The number of benzene rings is 3. The molecule has 0 aliphatic heterocycles. The molecule has 0 fully saturated rings. The number of rotatable bonds is 4. The van der Waals surface area contributed by atoms with Crippen LogP contribution in [-0.4, -0.2) is 19.4 Å². The highest BCUT2D eigenvalue weighted by Gasteiger charge is 2.19. The van der Waals surface area contributed by atoms with Gasteiger partial charge in [-0.1, -0.05) is 11.6 Å². The molecule has 1 aromatic heterocycles. The van der Waals surface area contributed by atoms with Crippen LogP contribution in [0.25, 0.3) is 22.6 Å². The zero-order valence-corrected chi connectivity index (χ0v) is 16.7. The number of oxazole rings is 1. The topological polar surface area (TPSA) is 86.5 Å². The van der Waals surface area contributed by atoms with Crippen LogP contribution in [0.3, 0.4) is 0 Å². The van der Waals surface area contributed by atoms with Gasteiger partial charge in [-0.15, -0.1) is 0 Å². The predicted molar refractivity (Wildman–Crippen MR) is 108 cm³/mol. The first kappa shape index (κ1) is 19.2. The summed E-state index contributed by atoms with van der Waals surface area (Å²) in [4.78, 5) is 15.6. The van der Waals surface area contributed by atoms with Gasteiger partial charge in [0.25, 0.3) is 0 Å². The number of sulfone groups is 1. The Balaban J connectivity index is 1.69. The molecular formula is C21H14ClNO5S. The molecule has 0 saturated heterocycles. The molecule has 0 radical (unpaired) electrons. The number of halogens is 1. The summed E-state index contributed by atoms with van der Waals surface area (Å²) in [5.74, 6) is 0.332. The fraction of sp³-hybridized carbons (Fsp3) is 0.0476. The van der Waals surface area contributed by atoms with E-state index in [0.717, 1.165) is 0 Å². The fourth-order valence-electron chi connectivity index (χ4n) is 2.78. The maximum atomic E-state index is 12.8. The van der Waals surface area contributed by atoms with Gasteiger partial charge >= 0.3 is 5.97 Å². The third kappa shape index (κ3) is 3.87. The van der Waals surface area contributed by atoms with Crippen LogP contribution in [0, 0.1) is 0 Å². The first-order chi connectivity index (χ1) is 13.8. The van der Waals surface area contributed by atoms with Crippen molar-refractivity contribution < 1.29 is 22.4 Å². The number of esters is 1. The van der Waals surface area contributed by atoms with E-state index in [-0.39, 0.29) is 9.79 Å². The number of ether oxygens (including phenoxy) is 1. The summed E-state index contributed by atoms with van der Waals surface area (Å²) in [6.45, 7) is 1.32. The van der Waals surface area contributed by atoms with Crippen molar-refractivity contribution in [3.63, 3.8) is 0 Å². The Morgan fingerprint density at radius 2 is 1.62 bits per heavy atom. The van der Waals surface area contributed by atoms with E-state index in [1.807, 2.05) is 0 Å². The molecule has 4 aromatic rings. The SMILES string of the molecule is CC(=O)Oc1ccc(-c2nc3ccc(S(=O)(=O)c4ccc(Cl)cc4)cc3o2)cc1. The van der Waals surface area contributed by atoms with Crippen molar-refractivity contribution in [3.8, 4) is 17.2 Å². The average molecular weight is 428 g/mol. The van der Waals surface area contributed by atoms with Crippen molar-refractivity contribution >= 4 is 38.5 Å². The van der Waals surface area contributed by atoms with E-state index < -0.39 is 15.8 Å². The molecule has 0 spiro atoms. The number of nitrogens with zero attached hydrogens (tertiary/aromatic N) is 1. The van der Waals surface area contributed by atoms with Gasteiger partial charge in [0.2, 0.25) is 15.7 Å². The minimum atomic E-state index is -3.71. The number of hydrogen-bond donors (Lipinski definition) is 0. The van der Waals surface area contributed by atoms with Crippen LogP contribution in [0.4, 0.5) is 0 Å². The van der Waals surface area contributed by atoms with Gasteiger partial charge < -0.3 is 9.15 Å². The van der Waals surface area contributed by atoms with Gasteiger partial charge in [0.15, 0.2) is 5.58 Å². The molecule has 0 aliphatic rings. The number of fused-ring (bicyclic) bond motifs is 1. The molecule has 29 heavy (non-hydrogen) atoms. The maximum Gasteiger partial charge on any atom is 0.308 e. The molecule has 6 nitrogen and oxygen atoms in total. The van der Waals surface area contributed by atoms with Crippen molar-refractivity contribution in [2.75, 3.05) is 0 Å². The molecule has 0 aliphatic carbocycles. The Morgan fingerprint density at radius 1 is 0.966 bits per heavy atom. The molecule has 1 heterocycles. The molecule has 0 amide bonds. The second kappa shape index (κ2) is 7.35. The van der Waals surface area contributed by atoms with Gasteiger partial charge in [-0.25, -0.2) is 13.4 Å². The predicted octanol–water partition coefficient (Wildman–Crippen LogP) is 4.91. The molecule has 0 N–H and O–H groups in total. The molecule has 146 valence electrons. The molecule has 0 saturated carbocycles. The van der Waals surface area contributed by atoms with Crippen LogP contribution in [0.1, 0.15) is 6.92 Å². The van der Waals surface area contributed by atoms with E-state index >= 15 is 0 Å². The van der Waals surface area contributed by atoms with Crippen LogP contribution in [0.2, 0.25) is 5.02 Å². The fourth-order valence-corrected chi connectivity index (χ4v) is 4.18. The second-order valence-corrected chi connectivity index (χ2v) is 8.61. The molecule has 0 bridgehead atoms. The van der Waals surface area contributed by atoms with E-state index in [1.165, 1.54) is 43.3 Å². The summed E-state index contributed by atoms with van der Waals surface area (Å²) in [7, 11) is -3.71. The van der Waals surface area contributed by atoms with Gasteiger partial charge in [0, 0.05) is 23.6 Å². The highest BCUT2D eigenvalue weighted by atomic mass is 35.5. The van der Waals surface area contributed by atoms with Crippen molar-refractivity contribution in [2.24, 2.45) is 0 Å². The van der Waals surface area contributed by atoms with Crippen molar-refractivity contribution in [1.82, 2.24) is 4.98 Å². The zero-order chi connectivity index (χ0) is 20.6. The van der Waals surface area contributed by atoms with Crippen molar-refractivity contribution in [2.45, 2.75) is 16.7 Å². The summed E-state index contributed by atoms with van der Waals surface area (Å²) in [6, 6.07) is 17.2. The first-order valence-electron chi connectivity index (χ1n) is 8.53. The van der Waals surface area contributed by atoms with E-state index in [4.69, 9.17) is 20.8 Å². The zero-order valence-electron chi connectivity index (χ0n) is 15.1. The lowest BCUT2D eigenvalue weighted by molar-refractivity contribution is -0.131. The van der Waals surface area contributed by atoms with E-state index in [2.05, 4.69) is 4.98 Å². The standard InChI is InChI=1S/C21H14ClNO5S/c1-13(24)27-16-6-2-14(3-7-16)21-23-19-11-10-18(12-20(19)28-21)29(25,26)17-8-4-15(22)5-9-17/h2-12H,1H3. The highest BCUT2D eigenvalue weighted by molar-refractivity contribution is 7.91. The van der Waals surface area contributed by atoms with Crippen LogP contribution >= 0.6 is 11.6 Å². The maximum absolute atomic E-state index is 12.8.